The van der Waals surface area contributed by atoms with Crippen LogP contribution in [0, 0.1) is 5.82 Å². The standard InChI is InChI=1S/C16H13ClFNO2/c17-10-2-4-12-9(7-10)1-6-15(12)19-16(21)13-5-3-11(20)8-14(13)18/h2-5,7-8,15,20H,1,6H2,(H,19,21)/t15-/m0/s1. The van der Waals surface area contributed by atoms with Crippen LogP contribution in [0.3, 0.4) is 0 Å². The van der Waals surface area contributed by atoms with E-state index in [0.717, 1.165) is 30.0 Å². The van der Waals surface area contributed by atoms with E-state index in [-0.39, 0.29) is 17.4 Å². The molecule has 0 bridgehead atoms. The number of aryl methyl sites for hydroxylation is 1. The summed E-state index contributed by atoms with van der Waals surface area (Å²) in [6.07, 6.45) is 1.60. The van der Waals surface area contributed by atoms with E-state index in [1.165, 1.54) is 12.1 Å². The normalized spacial score (nSPS) is 16.6. The molecular formula is C16H13ClFNO2. The van der Waals surface area contributed by atoms with Crippen LogP contribution in [0.1, 0.15) is 33.9 Å². The van der Waals surface area contributed by atoms with Gasteiger partial charge in [0.1, 0.15) is 11.6 Å². The Morgan fingerprint density at radius 3 is 2.86 bits per heavy atom. The van der Waals surface area contributed by atoms with Gasteiger partial charge in [0.15, 0.2) is 0 Å². The van der Waals surface area contributed by atoms with Crippen molar-refractivity contribution in [3.8, 4) is 5.75 Å². The minimum Gasteiger partial charge on any atom is -0.508 e. The Morgan fingerprint density at radius 1 is 1.29 bits per heavy atom. The van der Waals surface area contributed by atoms with Gasteiger partial charge in [0.05, 0.1) is 11.6 Å². The van der Waals surface area contributed by atoms with Crippen molar-refractivity contribution < 1.29 is 14.3 Å². The number of carbonyl (C=O) groups is 1. The van der Waals surface area contributed by atoms with Crippen LogP contribution in [-0.4, -0.2) is 11.0 Å². The van der Waals surface area contributed by atoms with Crippen molar-refractivity contribution in [2.24, 2.45) is 0 Å². The van der Waals surface area contributed by atoms with Crippen molar-refractivity contribution in [2.45, 2.75) is 18.9 Å². The molecule has 0 aromatic heterocycles. The second-order valence-electron chi connectivity index (χ2n) is 5.07. The largest absolute Gasteiger partial charge is 0.508 e. The van der Waals surface area contributed by atoms with Crippen LogP contribution in [0.2, 0.25) is 5.02 Å². The van der Waals surface area contributed by atoms with Gasteiger partial charge in [-0.25, -0.2) is 4.39 Å². The SMILES string of the molecule is O=C(N[C@H]1CCc2cc(Cl)ccc21)c1ccc(O)cc1F. The number of rotatable bonds is 2. The Kier molecular flexibility index (Phi) is 3.55. The van der Waals surface area contributed by atoms with E-state index in [1.54, 1.807) is 6.07 Å². The number of hydrogen-bond donors (Lipinski definition) is 2. The van der Waals surface area contributed by atoms with Gasteiger partial charge < -0.3 is 10.4 Å². The molecule has 21 heavy (non-hydrogen) atoms. The van der Waals surface area contributed by atoms with E-state index in [1.807, 2.05) is 12.1 Å². The number of nitrogens with one attached hydrogen (secondary N) is 1. The summed E-state index contributed by atoms with van der Waals surface area (Å²) in [7, 11) is 0. The maximum Gasteiger partial charge on any atom is 0.254 e. The first-order chi connectivity index (χ1) is 10.0. The number of phenolic OH excluding ortho intramolecular Hbond substituents is 1. The van der Waals surface area contributed by atoms with Gasteiger partial charge in [-0.2, -0.15) is 0 Å². The molecule has 0 unspecified atom stereocenters. The first kappa shape index (κ1) is 13.9. The van der Waals surface area contributed by atoms with Crippen molar-refractivity contribution in [1.29, 1.82) is 0 Å². The van der Waals surface area contributed by atoms with E-state index in [4.69, 9.17) is 11.6 Å². The number of halogens is 2. The number of fused-ring (bicyclic) bond motifs is 1. The summed E-state index contributed by atoms with van der Waals surface area (Å²) in [6, 6.07) is 8.92. The fourth-order valence-electron chi connectivity index (χ4n) is 2.66. The Balaban J connectivity index is 1.81. The van der Waals surface area contributed by atoms with Crippen LogP contribution in [0.4, 0.5) is 4.39 Å². The Hall–Kier alpha value is -2.07. The maximum atomic E-state index is 13.7. The molecule has 0 saturated carbocycles. The molecule has 0 aliphatic heterocycles. The molecule has 2 aromatic carbocycles. The molecule has 108 valence electrons. The number of amides is 1. The molecule has 0 fully saturated rings. The van der Waals surface area contributed by atoms with Crippen LogP contribution in [0.15, 0.2) is 36.4 Å². The molecule has 1 amide bonds. The molecular weight excluding hydrogens is 293 g/mol. The van der Waals surface area contributed by atoms with Gasteiger partial charge in [0, 0.05) is 11.1 Å². The summed E-state index contributed by atoms with van der Waals surface area (Å²) in [5, 5.41) is 12.7. The molecule has 0 heterocycles. The first-order valence-corrected chi connectivity index (χ1v) is 7.00. The van der Waals surface area contributed by atoms with E-state index in [9.17, 15) is 14.3 Å². The number of carbonyl (C=O) groups excluding carboxylic acids is 1. The highest BCUT2D eigenvalue weighted by atomic mass is 35.5. The van der Waals surface area contributed by atoms with Crippen molar-refractivity contribution >= 4 is 17.5 Å². The molecule has 3 nitrogen and oxygen atoms in total. The second kappa shape index (κ2) is 5.37. The summed E-state index contributed by atoms with van der Waals surface area (Å²) in [6.45, 7) is 0. The summed E-state index contributed by atoms with van der Waals surface area (Å²) < 4.78 is 13.7. The molecule has 2 aromatic rings. The van der Waals surface area contributed by atoms with Crippen LogP contribution in [0.5, 0.6) is 5.75 Å². The lowest BCUT2D eigenvalue weighted by Crippen LogP contribution is -2.27. The number of hydrogen-bond acceptors (Lipinski definition) is 2. The van der Waals surface area contributed by atoms with Crippen molar-refractivity contribution in [2.75, 3.05) is 0 Å². The molecule has 1 atom stereocenters. The fraction of sp³-hybridized carbons (Fsp3) is 0.188. The summed E-state index contributed by atoms with van der Waals surface area (Å²) in [4.78, 5) is 12.2. The zero-order valence-electron chi connectivity index (χ0n) is 11.1. The number of aromatic hydroxyl groups is 1. The third kappa shape index (κ3) is 2.72. The van der Waals surface area contributed by atoms with Crippen molar-refractivity contribution in [1.82, 2.24) is 5.32 Å². The summed E-state index contributed by atoms with van der Waals surface area (Å²) >= 11 is 5.95. The number of phenols is 1. The Labute approximate surface area is 126 Å². The Morgan fingerprint density at radius 2 is 2.10 bits per heavy atom. The molecule has 1 aliphatic rings. The monoisotopic (exact) mass is 305 g/mol. The van der Waals surface area contributed by atoms with Gasteiger partial charge in [-0.05, 0) is 48.2 Å². The van der Waals surface area contributed by atoms with E-state index in [0.29, 0.717) is 5.02 Å². The maximum absolute atomic E-state index is 13.7. The van der Waals surface area contributed by atoms with E-state index >= 15 is 0 Å². The van der Waals surface area contributed by atoms with Crippen LogP contribution >= 0.6 is 11.6 Å². The number of benzene rings is 2. The van der Waals surface area contributed by atoms with Crippen molar-refractivity contribution in [3.05, 3.63) is 63.9 Å². The molecule has 2 N–H and O–H groups in total. The highest BCUT2D eigenvalue weighted by Crippen LogP contribution is 2.33. The van der Waals surface area contributed by atoms with Crippen LogP contribution in [-0.2, 0) is 6.42 Å². The fourth-order valence-corrected chi connectivity index (χ4v) is 2.85. The third-order valence-electron chi connectivity index (χ3n) is 3.69. The summed E-state index contributed by atoms with van der Waals surface area (Å²) in [5.41, 5.74) is 2.06. The minimum absolute atomic E-state index is 0.0739. The molecule has 1 aliphatic carbocycles. The average Bonchev–Trinajstić information content (AvgIpc) is 2.80. The average molecular weight is 306 g/mol. The minimum atomic E-state index is -0.734. The lowest BCUT2D eigenvalue weighted by molar-refractivity contribution is 0.0932. The quantitative estimate of drug-likeness (QED) is 0.890. The van der Waals surface area contributed by atoms with E-state index in [2.05, 4.69) is 5.32 Å². The van der Waals surface area contributed by atoms with E-state index < -0.39 is 11.7 Å². The van der Waals surface area contributed by atoms with Crippen molar-refractivity contribution in [3.63, 3.8) is 0 Å². The Bertz CT molecular complexity index is 717. The topological polar surface area (TPSA) is 49.3 Å². The molecule has 5 heteroatoms. The zero-order valence-corrected chi connectivity index (χ0v) is 11.8. The molecule has 0 saturated heterocycles. The highest BCUT2D eigenvalue weighted by molar-refractivity contribution is 6.30. The smallest absolute Gasteiger partial charge is 0.254 e. The first-order valence-electron chi connectivity index (χ1n) is 6.62. The van der Waals surface area contributed by atoms with Crippen LogP contribution in [0.25, 0.3) is 0 Å². The third-order valence-corrected chi connectivity index (χ3v) is 3.92. The van der Waals surface area contributed by atoms with Gasteiger partial charge in [-0.1, -0.05) is 17.7 Å². The molecule has 0 spiro atoms. The lowest BCUT2D eigenvalue weighted by Gasteiger charge is -2.14. The lowest BCUT2D eigenvalue weighted by atomic mass is 10.1. The van der Waals surface area contributed by atoms with Gasteiger partial charge in [0.2, 0.25) is 0 Å². The van der Waals surface area contributed by atoms with Gasteiger partial charge in [0.25, 0.3) is 5.91 Å². The highest BCUT2D eigenvalue weighted by Gasteiger charge is 2.25. The molecule has 0 radical (unpaired) electrons. The zero-order chi connectivity index (χ0) is 15.0. The van der Waals surface area contributed by atoms with Gasteiger partial charge >= 0.3 is 0 Å². The summed E-state index contributed by atoms with van der Waals surface area (Å²) in [5.74, 6) is -1.42. The second-order valence-corrected chi connectivity index (χ2v) is 5.51. The predicted octanol–water partition coefficient (Wildman–Crippen LogP) is 3.60. The van der Waals surface area contributed by atoms with Crippen LogP contribution < -0.4 is 5.32 Å². The predicted molar refractivity (Wildman–Crippen MR) is 78.0 cm³/mol. The van der Waals surface area contributed by atoms with Gasteiger partial charge in [-0.3, -0.25) is 4.79 Å². The van der Waals surface area contributed by atoms with Gasteiger partial charge in [-0.15, -0.1) is 0 Å². The molecule has 3 rings (SSSR count).